The van der Waals surface area contributed by atoms with Crippen LogP contribution in [0.4, 0.5) is 5.69 Å². The highest BCUT2D eigenvalue weighted by molar-refractivity contribution is 7.68. The van der Waals surface area contributed by atoms with Crippen molar-refractivity contribution in [1.29, 1.82) is 0 Å². The topological polar surface area (TPSA) is 38.3 Å². The van der Waals surface area contributed by atoms with E-state index in [0.29, 0.717) is 11.9 Å². The molecule has 0 aromatic heterocycles. The first-order valence-corrected chi connectivity index (χ1v) is 8.91. The van der Waals surface area contributed by atoms with E-state index in [9.17, 15) is 4.57 Å². The highest BCUT2D eigenvalue weighted by Crippen LogP contribution is 2.45. The van der Waals surface area contributed by atoms with Gasteiger partial charge in [-0.3, -0.25) is 4.57 Å². The minimum atomic E-state index is -3.15. The van der Waals surface area contributed by atoms with Gasteiger partial charge in [0.05, 0.1) is 11.9 Å². The van der Waals surface area contributed by atoms with Gasteiger partial charge >= 0.3 is 7.52 Å². The molecule has 112 valence electrons. The van der Waals surface area contributed by atoms with Crippen molar-refractivity contribution in [1.82, 2.24) is 0 Å². The van der Waals surface area contributed by atoms with Crippen LogP contribution < -0.4 is 10.4 Å². The van der Waals surface area contributed by atoms with Gasteiger partial charge in [-0.2, -0.15) is 0 Å². The van der Waals surface area contributed by atoms with Gasteiger partial charge in [0.25, 0.3) is 0 Å². The van der Waals surface area contributed by atoms with Gasteiger partial charge in [0.2, 0.25) is 0 Å². The summed E-state index contributed by atoms with van der Waals surface area (Å²) in [7, 11) is -3.15. The smallest absolute Gasteiger partial charge is 0.312 e. The Hall–Kier alpha value is -2.09. The molecule has 0 heterocycles. The third-order valence-corrected chi connectivity index (χ3v) is 5.57. The van der Waals surface area contributed by atoms with E-state index in [-0.39, 0.29) is 0 Å². The lowest BCUT2D eigenvalue weighted by Crippen LogP contribution is -2.14. The molecule has 0 amide bonds. The number of hydrogen-bond donors (Lipinski definition) is 1. The molecule has 3 aromatic carbocycles. The number of anilines is 1. The zero-order valence-electron chi connectivity index (χ0n) is 12.4. The molecule has 22 heavy (non-hydrogen) atoms. The summed E-state index contributed by atoms with van der Waals surface area (Å²) in [6, 6.07) is 23.3. The van der Waals surface area contributed by atoms with Crippen LogP contribution in [0.2, 0.25) is 0 Å². The number of rotatable bonds is 5. The Morgan fingerprint density at radius 1 is 0.909 bits per heavy atom. The van der Waals surface area contributed by atoms with Crippen molar-refractivity contribution >= 4 is 29.3 Å². The van der Waals surface area contributed by atoms with Crippen molar-refractivity contribution < 1.29 is 9.09 Å². The average Bonchev–Trinajstić information content (AvgIpc) is 2.55. The summed E-state index contributed by atoms with van der Waals surface area (Å²) >= 11 is 0. The number of nitrogens with one attached hydrogen (secondary N) is 1. The maximum absolute atomic E-state index is 13.3. The quantitative estimate of drug-likeness (QED) is 0.687. The zero-order valence-corrected chi connectivity index (χ0v) is 13.3. The van der Waals surface area contributed by atoms with Crippen molar-refractivity contribution in [2.75, 3.05) is 11.7 Å². The van der Waals surface area contributed by atoms with E-state index in [0.717, 1.165) is 16.5 Å². The van der Waals surface area contributed by atoms with Crippen molar-refractivity contribution in [2.45, 2.75) is 6.92 Å². The Labute approximate surface area is 130 Å². The molecule has 0 saturated carbocycles. The highest BCUT2D eigenvalue weighted by atomic mass is 31.2. The minimum absolute atomic E-state index is 0.379. The van der Waals surface area contributed by atoms with Gasteiger partial charge < -0.3 is 9.61 Å². The van der Waals surface area contributed by atoms with Crippen molar-refractivity contribution in [3.63, 3.8) is 0 Å². The second-order valence-corrected chi connectivity index (χ2v) is 7.08. The van der Waals surface area contributed by atoms with E-state index in [1.807, 2.05) is 79.7 Å². The number of benzene rings is 3. The normalized spacial score (nSPS) is 13.7. The van der Waals surface area contributed by atoms with Crippen molar-refractivity contribution in [2.24, 2.45) is 0 Å². The van der Waals surface area contributed by atoms with Crippen molar-refractivity contribution in [3.05, 3.63) is 72.8 Å². The molecule has 0 spiro atoms. The van der Waals surface area contributed by atoms with Gasteiger partial charge in [0.15, 0.2) is 0 Å². The Balaban J connectivity index is 2.02. The second kappa shape index (κ2) is 6.35. The summed E-state index contributed by atoms with van der Waals surface area (Å²) in [6.45, 7) is 2.23. The molecule has 1 atom stereocenters. The predicted molar refractivity (Wildman–Crippen MR) is 92.9 cm³/mol. The van der Waals surface area contributed by atoms with E-state index in [4.69, 9.17) is 4.52 Å². The molecule has 0 aliphatic heterocycles. The predicted octanol–water partition coefficient (Wildman–Crippen LogP) is 4.81. The average molecular weight is 311 g/mol. The third kappa shape index (κ3) is 3.06. The molecule has 4 heteroatoms. The minimum Gasteiger partial charge on any atom is -0.312 e. The summed E-state index contributed by atoms with van der Waals surface area (Å²) in [5, 5.41) is 5.92. The van der Waals surface area contributed by atoms with E-state index in [1.165, 1.54) is 0 Å². The highest BCUT2D eigenvalue weighted by Gasteiger charge is 2.25. The van der Waals surface area contributed by atoms with Gasteiger partial charge in [-0.05, 0) is 42.0 Å². The van der Waals surface area contributed by atoms with Gasteiger partial charge in [0, 0.05) is 5.69 Å². The van der Waals surface area contributed by atoms with E-state index >= 15 is 0 Å². The Morgan fingerprint density at radius 2 is 1.59 bits per heavy atom. The Bertz CT molecular complexity index is 817. The van der Waals surface area contributed by atoms with E-state index < -0.39 is 7.52 Å². The molecule has 3 aromatic rings. The molecule has 0 saturated heterocycles. The molecular weight excluding hydrogens is 293 g/mol. The van der Waals surface area contributed by atoms with Crippen LogP contribution in [0.3, 0.4) is 0 Å². The van der Waals surface area contributed by atoms with Crippen LogP contribution >= 0.6 is 7.52 Å². The van der Waals surface area contributed by atoms with Gasteiger partial charge in [-0.15, -0.1) is 0 Å². The fourth-order valence-electron chi connectivity index (χ4n) is 2.40. The Morgan fingerprint density at radius 3 is 2.32 bits per heavy atom. The van der Waals surface area contributed by atoms with Gasteiger partial charge in [0.1, 0.15) is 0 Å². The van der Waals surface area contributed by atoms with E-state index in [2.05, 4.69) is 5.09 Å². The summed E-state index contributed by atoms with van der Waals surface area (Å²) in [5.41, 5.74) is 0.785. The lowest BCUT2D eigenvalue weighted by molar-refractivity contribution is 0.344. The van der Waals surface area contributed by atoms with Crippen LogP contribution in [0.5, 0.6) is 0 Å². The molecule has 3 rings (SSSR count). The molecule has 0 bridgehead atoms. The fraction of sp³-hybridized carbons (Fsp3) is 0.111. The second-order valence-electron chi connectivity index (χ2n) is 4.98. The molecular formula is C18H18NO2P. The van der Waals surface area contributed by atoms with Crippen LogP contribution in [-0.2, 0) is 9.09 Å². The standard InChI is InChI=1S/C18H18NO2P/c1-2-21-22(20,19-17-10-4-3-5-11-17)18-13-12-15-8-6-7-9-16(15)14-18/h3-14H,2H2,1H3,(H,19,20). The first-order valence-electron chi connectivity index (χ1n) is 7.28. The first kappa shape index (κ1) is 14.8. The molecule has 0 radical (unpaired) electrons. The van der Waals surface area contributed by atoms with Gasteiger partial charge in [-0.1, -0.05) is 48.5 Å². The fourth-order valence-corrected chi connectivity index (χ4v) is 4.17. The molecule has 0 fully saturated rings. The maximum Gasteiger partial charge on any atom is 0.323 e. The van der Waals surface area contributed by atoms with Crippen LogP contribution in [0.15, 0.2) is 72.8 Å². The number of fused-ring (bicyclic) bond motifs is 1. The monoisotopic (exact) mass is 311 g/mol. The lowest BCUT2D eigenvalue weighted by atomic mass is 10.1. The van der Waals surface area contributed by atoms with Crippen LogP contribution in [0.25, 0.3) is 10.8 Å². The lowest BCUT2D eigenvalue weighted by Gasteiger charge is -2.20. The third-order valence-electron chi connectivity index (χ3n) is 3.43. The summed E-state index contributed by atoms with van der Waals surface area (Å²) in [4.78, 5) is 0. The van der Waals surface area contributed by atoms with Crippen LogP contribution in [0, 0.1) is 0 Å². The molecule has 0 aliphatic carbocycles. The summed E-state index contributed by atoms with van der Waals surface area (Å²) in [5.74, 6) is 0. The molecule has 1 unspecified atom stereocenters. The van der Waals surface area contributed by atoms with Crippen LogP contribution in [0.1, 0.15) is 6.92 Å². The largest absolute Gasteiger partial charge is 0.323 e. The van der Waals surface area contributed by atoms with Crippen LogP contribution in [-0.4, -0.2) is 6.61 Å². The van der Waals surface area contributed by atoms with E-state index in [1.54, 1.807) is 0 Å². The molecule has 1 N–H and O–H groups in total. The SMILES string of the molecule is CCOP(=O)(Nc1ccccc1)c1ccc2ccccc2c1. The van der Waals surface area contributed by atoms with Gasteiger partial charge in [-0.25, -0.2) is 0 Å². The summed E-state index contributed by atoms with van der Waals surface area (Å²) < 4.78 is 18.9. The molecule has 0 aliphatic rings. The summed E-state index contributed by atoms with van der Waals surface area (Å²) in [6.07, 6.45) is 0. The first-order chi connectivity index (χ1) is 10.7. The number of hydrogen-bond acceptors (Lipinski definition) is 2. The zero-order chi connectivity index (χ0) is 15.4. The maximum atomic E-state index is 13.3. The van der Waals surface area contributed by atoms with Crippen molar-refractivity contribution in [3.8, 4) is 0 Å². The Kier molecular flexibility index (Phi) is 4.28. The number of para-hydroxylation sites is 1. The molecule has 3 nitrogen and oxygen atoms in total.